The summed E-state index contributed by atoms with van der Waals surface area (Å²) in [5.74, 6) is 0.686. The smallest absolute Gasteiger partial charge is 0.325 e. The number of nitrogens with zero attached hydrogens (tertiary/aromatic N) is 2. The predicted octanol–water partition coefficient (Wildman–Crippen LogP) is 2.71. The Morgan fingerprint density at radius 1 is 1.03 bits per heavy atom. The number of benzene rings is 2. The number of hydrogen-bond donors (Lipinski definition) is 0. The summed E-state index contributed by atoms with van der Waals surface area (Å²) in [5, 5.41) is 0. The lowest BCUT2D eigenvalue weighted by Gasteiger charge is -2.09. The first-order valence-electron chi connectivity index (χ1n) is 9.04. The Labute approximate surface area is 177 Å². The molecule has 0 saturated heterocycles. The first kappa shape index (κ1) is 21.4. The lowest BCUT2D eigenvalue weighted by atomic mass is 10.2. The zero-order valence-corrected chi connectivity index (χ0v) is 17.9. The van der Waals surface area contributed by atoms with Gasteiger partial charge in [-0.1, -0.05) is 29.0 Å². The average Bonchev–Trinajstić information content (AvgIpc) is 3.07. The van der Waals surface area contributed by atoms with Gasteiger partial charge in [-0.3, -0.25) is 9.59 Å². The lowest BCUT2D eigenvalue weighted by molar-refractivity contribution is -0.141. The van der Waals surface area contributed by atoms with Crippen molar-refractivity contribution in [3.63, 3.8) is 0 Å². The second-order valence-electron chi connectivity index (χ2n) is 6.33. The van der Waals surface area contributed by atoms with E-state index in [-0.39, 0.29) is 13.2 Å². The van der Waals surface area contributed by atoms with Gasteiger partial charge in [0.05, 0.1) is 31.5 Å². The summed E-state index contributed by atoms with van der Waals surface area (Å²) in [6.07, 6.45) is 0. The first-order valence-corrected chi connectivity index (χ1v) is 9.86. The molecule has 9 heteroatoms. The standard InChI is InChI=1S/C21H22N2O6S/c1-13-5-7-14(8-6-13)29-12-19(24)22-21-23(11-20(25)28-4)15-9-16(26-2)17(27-3)10-18(15)30-21/h5-10H,11-12H2,1-4H3. The second kappa shape index (κ2) is 9.45. The van der Waals surface area contributed by atoms with Gasteiger partial charge in [-0.2, -0.15) is 4.99 Å². The molecular weight excluding hydrogens is 408 g/mol. The molecule has 0 atom stereocenters. The van der Waals surface area contributed by atoms with Gasteiger partial charge in [0, 0.05) is 12.1 Å². The highest BCUT2D eigenvalue weighted by Crippen LogP contribution is 2.33. The number of aryl methyl sites for hydroxylation is 1. The summed E-state index contributed by atoms with van der Waals surface area (Å²) in [6.45, 7) is 1.65. The Kier molecular flexibility index (Phi) is 6.73. The summed E-state index contributed by atoms with van der Waals surface area (Å²) in [4.78, 5) is 28.9. The van der Waals surface area contributed by atoms with Crippen molar-refractivity contribution < 1.29 is 28.5 Å². The summed E-state index contributed by atoms with van der Waals surface area (Å²) in [5.41, 5.74) is 1.77. The van der Waals surface area contributed by atoms with Crippen LogP contribution in [-0.2, 0) is 20.9 Å². The molecule has 1 amide bonds. The highest BCUT2D eigenvalue weighted by atomic mass is 32.1. The quantitative estimate of drug-likeness (QED) is 0.536. The third-order valence-corrected chi connectivity index (χ3v) is 5.35. The second-order valence-corrected chi connectivity index (χ2v) is 7.34. The zero-order valence-electron chi connectivity index (χ0n) is 17.1. The molecule has 8 nitrogen and oxygen atoms in total. The number of carbonyl (C=O) groups is 2. The molecule has 0 spiro atoms. The van der Waals surface area contributed by atoms with Crippen molar-refractivity contribution in [1.29, 1.82) is 0 Å². The van der Waals surface area contributed by atoms with Crippen LogP contribution in [0, 0.1) is 6.92 Å². The number of fused-ring (bicyclic) bond motifs is 1. The maximum atomic E-state index is 12.4. The Morgan fingerprint density at radius 3 is 2.33 bits per heavy atom. The van der Waals surface area contributed by atoms with Gasteiger partial charge in [-0.05, 0) is 19.1 Å². The summed E-state index contributed by atoms with van der Waals surface area (Å²) in [7, 11) is 4.37. The molecule has 0 saturated carbocycles. The fourth-order valence-electron chi connectivity index (χ4n) is 2.75. The molecule has 0 radical (unpaired) electrons. The maximum absolute atomic E-state index is 12.4. The van der Waals surface area contributed by atoms with Crippen molar-refractivity contribution in [2.75, 3.05) is 27.9 Å². The Hall–Kier alpha value is -3.33. The van der Waals surface area contributed by atoms with Crippen LogP contribution in [0.5, 0.6) is 17.2 Å². The number of carbonyl (C=O) groups excluding carboxylic acids is 2. The highest BCUT2D eigenvalue weighted by molar-refractivity contribution is 7.16. The van der Waals surface area contributed by atoms with Crippen LogP contribution in [0.25, 0.3) is 10.2 Å². The Bertz CT molecular complexity index is 1130. The number of methoxy groups -OCH3 is 3. The fourth-order valence-corrected chi connectivity index (χ4v) is 3.80. The molecule has 1 heterocycles. The van der Waals surface area contributed by atoms with Crippen molar-refractivity contribution in [3.05, 3.63) is 46.8 Å². The van der Waals surface area contributed by atoms with Gasteiger partial charge in [0.15, 0.2) is 22.9 Å². The zero-order chi connectivity index (χ0) is 21.7. The van der Waals surface area contributed by atoms with Crippen LogP contribution in [-0.4, -0.2) is 44.4 Å². The van der Waals surface area contributed by atoms with Gasteiger partial charge in [-0.25, -0.2) is 0 Å². The third kappa shape index (κ3) is 4.80. The molecule has 1 aromatic heterocycles. The molecule has 0 aliphatic heterocycles. The number of thiazole rings is 1. The van der Waals surface area contributed by atoms with Crippen LogP contribution in [0.4, 0.5) is 0 Å². The van der Waals surface area contributed by atoms with E-state index in [4.69, 9.17) is 18.9 Å². The number of rotatable bonds is 7. The maximum Gasteiger partial charge on any atom is 0.325 e. The SMILES string of the molecule is COC(=O)Cn1c(=NC(=O)COc2ccc(C)cc2)sc2cc(OC)c(OC)cc21. The molecule has 0 aliphatic rings. The number of hydrogen-bond acceptors (Lipinski definition) is 7. The summed E-state index contributed by atoms with van der Waals surface area (Å²) < 4.78 is 23.4. The van der Waals surface area contributed by atoms with Crippen molar-refractivity contribution in [1.82, 2.24) is 4.57 Å². The minimum Gasteiger partial charge on any atom is -0.493 e. The summed E-state index contributed by atoms with van der Waals surface area (Å²) in [6, 6.07) is 10.9. The van der Waals surface area contributed by atoms with Gasteiger partial charge in [0.1, 0.15) is 12.3 Å². The molecular formula is C21H22N2O6S. The van der Waals surface area contributed by atoms with Crippen molar-refractivity contribution >= 4 is 33.4 Å². The Morgan fingerprint density at radius 2 is 1.70 bits per heavy atom. The van der Waals surface area contributed by atoms with E-state index in [1.54, 1.807) is 28.8 Å². The topological polar surface area (TPSA) is 88.4 Å². The van der Waals surface area contributed by atoms with E-state index in [1.807, 2.05) is 19.1 Å². The number of aromatic nitrogens is 1. The van der Waals surface area contributed by atoms with Crippen LogP contribution >= 0.6 is 11.3 Å². The van der Waals surface area contributed by atoms with Gasteiger partial charge < -0.3 is 23.5 Å². The molecule has 3 aromatic rings. The van der Waals surface area contributed by atoms with Crippen LogP contribution in [0.15, 0.2) is 41.4 Å². The van der Waals surface area contributed by atoms with E-state index in [1.165, 1.54) is 32.7 Å². The van der Waals surface area contributed by atoms with Gasteiger partial charge >= 0.3 is 5.97 Å². The van der Waals surface area contributed by atoms with Crippen LogP contribution in [0.1, 0.15) is 5.56 Å². The van der Waals surface area contributed by atoms with Gasteiger partial charge in [-0.15, -0.1) is 0 Å². The molecule has 0 fully saturated rings. The molecule has 30 heavy (non-hydrogen) atoms. The molecule has 158 valence electrons. The molecule has 0 N–H and O–H groups in total. The highest BCUT2D eigenvalue weighted by Gasteiger charge is 2.15. The number of esters is 1. The largest absolute Gasteiger partial charge is 0.493 e. The van der Waals surface area contributed by atoms with E-state index < -0.39 is 11.9 Å². The normalized spacial score (nSPS) is 11.4. The molecule has 0 bridgehead atoms. The van der Waals surface area contributed by atoms with E-state index in [9.17, 15) is 9.59 Å². The fraction of sp³-hybridized carbons (Fsp3) is 0.286. The third-order valence-electron chi connectivity index (χ3n) is 4.31. The van der Waals surface area contributed by atoms with Gasteiger partial charge in [0.25, 0.3) is 5.91 Å². The van der Waals surface area contributed by atoms with E-state index in [0.717, 1.165) is 10.3 Å². The van der Waals surface area contributed by atoms with E-state index in [0.29, 0.717) is 27.6 Å². The van der Waals surface area contributed by atoms with E-state index in [2.05, 4.69) is 4.99 Å². The van der Waals surface area contributed by atoms with Crippen LogP contribution in [0.3, 0.4) is 0 Å². The van der Waals surface area contributed by atoms with Crippen LogP contribution < -0.4 is 19.0 Å². The lowest BCUT2D eigenvalue weighted by Crippen LogP contribution is -2.23. The minimum atomic E-state index is -0.473. The molecule has 3 rings (SSSR count). The van der Waals surface area contributed by atoms with Gasteiger partial charge in [0.2, 0.25) is 0 Å². The molecule has 0 unspecified atom stereocenters. The van der Waals surface area contributed by atoms with E-state index >= 15 is 0 Å². The van der Waals surface area contributed by atoms with Crippen molar-refractivity contribution in [2.45, 2.75) is 13.5 Å². The predicted molar refractivity (Wildman–Crippen MR) is 112 cm³/mol. The number of amides is 1. The van der Waals surface area contributed by atoms with Crippen molar-refractivity contribution in [3.8, 4) is 17.2 Å². The Balaban J connectivity index is 1.97. The molecule has 2 aromatic carbocycles. The van der Waals surface area contributed by atoms with Crippen molar-refractivity contribution in [2.24, 2.45) is 4.99 Å². The minimum absolute atomic E-state index is 0.100. The molecule has 0 aliphatic carbocycles. The average molecular weight is 430 g/mol. The number of ether oxygens (including phenoxy) is 4. The first-order chi connectivity index (χ1) is 14.4. The monoisotopic (exact) mass is 430 g/mol. The van der Waals surface area contributed by atoms with Crippen LogP contribution in [0.2, 0.25) is 0 Å². The summed E-state index contributed by atoms with van der Waals surface area (Å²) >= 11 is 1.25.